The molecule has 0 aliphatic carbocycles. The molecule has 0 fully saturated rings. The second-order valence-corrected chi connectivity index (χ2v) is 4.16. The van der Waals surface area contributed by atoms with Gasteiger partial charge in [-0.25, -0.2) is 9.18 Å². The van der Waals surface area contributed by atoms with Crippen molar-refractivity contribution in [2.24, 2.45) is 0 Å². The number of alkyl carbamates (subject to hydrolysis) is 1. The molecule has 4 heteroatoms. The number of benzene rings is 2. The summed E-state index contributed by atoms with van der Waals surface area (Å²) in [7, 11) is 0. The van der Waals surface area contributed by atoms with Crippen LogP contribution in [0.1, 0.15) is 18.1 Å². The van der Waals surface area contributed by atoms with E-state index in [0.717, 1.165) is 16.5 Å². The summed E-state index contributed by atoms with van der Waals surface area (Å²) in [6.07, 6.45) is -0.484. The number of carbonyl (C=O) groups is 1. The molecule has 2 aromatic carbocycles. The lowest BCUT2D eigenvalue weighted by Gasteiger charge is -2.09. The van der Waals surface area contributed by atoms with E-state index in [1.807, 2.05) is 12.1 Å². The highest BCUT2D eigenvalue weighted by Gasteiger charge is 2.06. The summed E-state index contributed by atoms with van der Waals surface area (Å²) in [5.74, 6) is -0.291. The Bertz CT molecular complexity index is 610. The van der Waals surface area contributed by atoms with Gasteiger partial charge in [0.2, 0.25) is 0 Å². The molecule has 1 amide bonds. The molecule has 0 saturated carbocycles. The fourth-order valence-corrected chi connectivity index (χ4v) is 1.95. The minimum absolute atomic E-state index is 0.283. The number of fused-ring (bicyclic) bond motifs is 1. The topological polar surface area (TPSA) is 38.3 Å². The molecule has 0 bridgehead atoms. The number of hydrogen-bond acceptors (Lipinski definition) is 2. The smallest absolute Gasteiger partial charge is 0.407 e. The lowest BCUT2D eigenvalue weighted by Crippen LogP contribution is -2.23. The standard InChI is InChI=1S/C15H15FNO2/c1-3-19-15(18)17-9-11-7-10(2)12-5-4-6-14(16)13(12)8-11/h4-8H,2-3,9H2,1H3,(H,17,18). The maximum atomic E-state index is 13.7. The van der Waals surface area contributed by atoms with E-state index in [0.29, 0.717) is 12.0 Å². The lowest BCUT2D eigenvalue weighted by atomic mass is 10.0. The van der Waals surface area contributed by atoms with Crippen molar-refractivity contribution in [1.82, 2.24) is 5.32 Å². The molecule has 1 N–H and O–H groups in total. The van der Waals surface area contributed by atoms with Gasteiger partial charge in [-0.2, -0.15) is 0 Å². The van der Waals surface area contributed by atoms with Crippen molar-refractivity contribution in [3.8, 4) is 0 Å². The Morgan fingerprint density at radius 1 is 1.37 bits per heavy atom. The van der Waals surface area contributed by atoms with Crippen molar-refractivity contribution in [1.29, 1.82) is 0 Å². The average molecular weight is 260 g/mol. The molecule has 0 aliphatic rings. The number of nitrogens with one attached hydrogen (secondary N) is 1. The predicted molar refractivity (Wildman–Crippen MR) is 72.2 cm³/mol. The number of carbonyl (C=O) groups excluding carboxylic acids is 1. The molecule has 2 rings (SSSR count). The summed E-state index contributed by atoms with van der Waals surface area (Å²) in [6, 6.07) is 8.43. The first-order valence-electron chi connectivity index (χ1n) is 6.05. The molecule has 1 radical (unpaired) electrons. The third kappa shape index (κ3) is 3.02. The molecule has 0 atom stereocenters. The third-order valence-corrected chi connectivity index (χ3v) is 2.80. The monoisotopic (exact) mass is 260 g/mol. The zero-order chi connectivity index (χ0) is 13.8. The van der Waals surface area contributed by atoms with Crippen molar-refractivity contribution in [2.45, 2.75) is 13.5 Å². The summed E-state index contributed by atoms with van der Waals surface area (Å²) in [5.41, 5.74) is 1.52. The Morgan fingerprint density at radius 2 is 2.16 bits per heavy atom. The van der Waals surface area contributed by atoms with Crippen LogP contribution in [0.4, 0.5) is 9.18 Å². The number of rotatable bonds is 3. The highest BCUT2D eigenvalue weighted by atomic mass is 19.1. The molecular formula is C15H15FNO2. The second-order valence-electron chi connectivity index (χ2n) is 4.16. The summed E-state index contributed by atoms with van der Waals surface area (Å²) in [4.78, 5) is 11.2. The van der Waals surface area contributed by atoms with Gasteiger partial charge >= 0.3 is 6.09 Å². The van der Waals surface area contributed by atoms with Crippen LogP contribution < -0.4 is 5.32 Å². The van der Waals surface area contributed by atoms with Gasteiger partial charge in [0, 0.05) is 11.9 Å². The molecular weight excluding hydrogens is 245 g/mol. The van der Waals surface area contributed by atoms with Gasteiger partial charge in [-0.1, -0.05) is 18.2 Å². The molecule has 0 aliphatic heterocycles. The van der Waals surface area contributed by atoms with Gasteiger partial charge in [0.15, 0.2) is 0 Å². The first-order chi connectivity index (χ1) is 9.11. The quantitative estimate of drug-likeness (QED) is 0.918. The number of amides is 1. The molecule has 0 aromatic heterocycles. The Kier molecular flexibility index (Phi) is 4.00. The molecule has 99 valence electrons. The highest BCUT2D eigenvalue weighted by Crippen LogP contribution is 2.23. The number of hydrogen-bond donors (Lipinski definition) is 1. The van der Waals surface area contributed by atoms with E-state index >= 15 is 0 Å². The van der Waals surface area contributed by atoms with E-state index in [9.17, 15) is 9.18 Å². The van der Waals surface area contributed by atoms with Crippen LogP contribution in [0, 0.1) is 12.7 Å². The Balaban J connectivity index is 2.25. The Morgan fingerprint density at radius 3 is 2.89 bits per heavy atom. The summed E-state index contributed by atoms with van der Waals surface area (Å²) in [5, 5.41) is 3.89. The van der Waals surface area contributed by atoms with Gasteiger partial charge in [0.1, 0.15) is 5.82 Å². The first kappa shape index (κ1) is 13.3. The van der Waals surface area contributed by atoms with Crippen molar-refractivity contribution in [2.75, 3.05) is 6.61 Å². The van der Waals surface area contributed by atoms with Crippen LogP contribution in [0.15, 0.2) is 30.3 Å². The minimum Gasteiger partial charge on any atom is -0.450 e. The van der Waals surface area contributed by atoms with Crippen LogP contribution in [0.5, 0.6) is 0 Å². The Hall–Kier alpha value is -2.10. The minimum atomic E-state index is -0.484. The van der Waals surface area contributed by atoms with E-state index < -0.39 is 6.09 Å². The maximum Gasteiger partial charge on any atom is 0.407 e. The van der Waals surface area contributed by atoms with Gasteiger partial charge in [-0.3, -0.25) is 0 Å². The van der Waals surface area contributed by atoms with Crippen molar-refractivity contribution in [3.63, 3.8) is 0 Å². The van der Waals surface area contributed by atoms with E-state index in [2.05, 4.69) is 12.2 Å². The fraction of sp³-hybridized carbons (Fsp3) is 0.200. The van der Waals surface area contributed by atoms with Crippen LogP contribution in [-0.4, -0.2) is 12.7 Å². The Labute approximate surface area is 111 Å². The van der Waals surface area contributed by atoms with Crippen molar-refractivity contribution in [3.05, 3.63) is 54.2 Å². The second kappa shape index (κ2) is 5.69. The van der Waals surface area contributed by atoms with Gasteiger partial charge < -0.3 is 10.1 Å². The predicted octanol–water partition coefficient (Wildman–Crippen LogP) is 3.41. The zero-order valence-electron chi connectivity index (χ0n) is 10.7. The molecule has 0 heterocycles. The first-order valence-corrected chi connectivity index (χ1v) is 6.05. The molecule has 0 saturated heterocycles. The fourth-order valence-electron chi connectivity index (χ4n) is 1.95. The largest absolute Gasteiger partial charge is 0.450 e. The maximum absolute atomic E-state index is 13.7. The molecule has 0 unspecified atom stereocenters. The molecule has 19 heavy (non-hydrogen) atoms. The summed E-state index contributed by atoms with van der Waals surface area (Å²) < 4.78 is 18.5. The van der Waals surface area contributed by atoms with Crippen LogP contribution in [-0.2, 0) is 11.3 Å². The average Bonchev–Trinajstić information content (AvgIpc) is 2.38. The molecule has 2 aromatic rings. The van der Waals surface area contributed by atoms with Gasteiger partial charge in [-0.15, -0.1) is 0 Å². The summed E-state index contributed by atoms with van der Waals surface area (Å²) >= 11 is 0. The number of halogens is 1. The summed E-state index contributed by atoms with van der Waals surface area (Å²) in [6.45, 7) is 6.24. The van der Waals surface area contributed by atoms with E-state index in [-0.39, 0.29) is 12.4 Å². The lowest BCUT2D eigenvalue weighted by molar-refractivity contribution is 0.151. The third-order valence-electron chi connectivity index (χ3n) is 2.80. The zero-order valence-corrected chi connectivity index (χ0v) is 10.7. The van der Waals surface area contributed by atoms with Crippen LogP contribution in [0.25, 0.3) is 10.8 Å². The van der Waals surface area contributed by atoms with Crippen LogP contribution >= 0.6 is 0 Å². The normalized spacial score (nSPS) is 10.5. The van der Waals surface area contributed by atoms with Gasteiger partial charge in [0.05, 0.1) is 6.61 Å². The van der Waals surface area contributed by atoms with Crippen LogP contribution in [0.3, 0.4) is 0 Å². The van der Waals surface area contributed by atoms with Gasteiger partial charge in [0.25, 0.3) is 0 Å². The highest BCUT2D eigenvalue weighted by molar-refractivity contribution is 5.87. The SMILES string of the molecule is [CH2]c1cc(CNC(=O)OCC)cc2c(F)cccc12. The molecule has 0 spiro atoms. The van der Waals surface area contributed by atoms with E-state index in [4.69, 9.17) is 4.74 Å². The van der Waals surface area contributed by atoms with E-state index in [1.165, 1.54) is 6.07 Å². The number of ether oxygens (including phenoxy) is 1. The van der Waals surface area contributed by atoms with Crippen molar-refractivity contribution < 1.29 is 13.9 Å². The van der Waals surface area contributed by atoms with E-state index in [1.54, 1.807) is 19.1 Å². The molecule has 3 nitrogen and oxygen atoms in total. The van der Waals surface area contributed by atoms with Crippen molar-refractivity contribution >= 4 is 16.9 Å². The van der Waals surface area contributed by atoms with Gasteiger partial charge in [-0.05, 0) is 42.5 Å². The van der Waals surface area contributed by atoms with Crippen LogP contribution in [0.2, 0.25) is 0 Å².